The second kappa shape index (κ2) is 7.77. The number of aliphatic hydroxyl groups excluding tert-OH is 1. The van der Waals surface area contributed by atoms with Crippen LogP contribution in [0.4, 0.5) is 0 Å². The third-order valence-electron chi connectivity index (χ3n) is 4.16. The maximum Gasteiger partial charge on any atom is 0.0897 e. The molecule has 1 aromatic carbocycles. The van der Waals surface area contributed by atoms with E-state index in [0.29, 0.717) is 25.2 Å². The molecule has 2 N–H and O–H groups in total. The fourth-order valence-corrected chi connectivity index (χ4v) is 2.89. The van der Waals surface area contributed by atoms with Crippen molar-refractivity contribution in [3.63, 3.8) is 0 Å². The Morgan fingerprint density at radius 3 is 2.65 bits per heavy atom. The molecule has 0 amide bonds. The Labute approximate surface area is 122 Å². The molecule has 20 heavy (non-hydrogen) atoms. The fourth-order valence-electron chi connectivity index (χ4n) is 2.89. The number of ether oxygens (including phenoxy) is 1. The lowest BCUT2D eigenvalue weighted by molar-refractivity contribution is 0.0278. The van der Waals surface area contributed by atoms with Gasteiger partial charge in [-0.3, -0.25) is 0 Å². The Balaban J connectivity index is 1.55. The van der Waals surface area contributed by atoms with Gasteiger partial charge in [0.1, 0.15) is 0 Å². The van der Waals surface area contributed by atoms with Crippen molar-refractivity contribution in [2.45, 2.75) is 45.3 Å². The summed E-state index contributed by atoms with van der Waals surface area (Å²) in [5, 5.41) is 13.3. The van der Waals surface area contributed by atoms with Crippen LogP contribution >= 0.6 is 0 Å². The number of rotatable bonds is 8. The van der Waals surface area contributed by atoms with E-state index in [4.69, 9.17) is 4.74 Å². The Morgan fingerprint density at radius 2 is 1.95 bits per heavy atom. The molecule has 1 aliphatic carbocycles. The normalized spacial score (nSPS) is 19.1. The van der Waals surface area contributed by atoms with Crippen molar-refractivity contribution in [3.8, 4) is 0 Å². The first kappa shape index (κ1) is 15.5. The predicted octanol–water partition coefficient (Wildman–Crippen LogP) is 2.73. The molecule has 3 nitrogen and oxygen atoms in total. The lowest BCUT2D eigenvalue weighted by Gasteiger charge is -2.24. The van der Waals surface area contributed by atoms with Crippen molar-refractivity contribution in [2.75, 3.05) is 19.7 Å². The quantitative estimate of drug-likeness (QED) is 0.767. The minimum absolute atomic E-state index is 0.388. The summed E-state index contributed by atoms with van der Waals surface area (Å²) in [5.41, 5.74) is 1.58. The van der Waals surface area contributed by atoms with E-state index in [2.05, 4.69) is 12.2 Å². The molecule has 0 saturated heterocycles. The maximum atomic E-state index is 9.90. The summed E-state index contributed by atoms with van der Waals surface area (Å²) in [4.78, 5) is 0. The van der Waals surface area contributed by atoms with Gasteiger partial charge in [-0.25, -0.2) is 0 Å². The summed E-state index contributed by atoms with van der Waals surface area (Å²) in [6.07, 6.45) is 4.88. The van der Waals surface area contributed by atoms with Gasteiger partial charge in [-0.2, -0.15) is 0 Å². The van der Waals surface area contributed by atoms with E-state index >= 15 is 0 Å². The number of nitrogens with one attached hydrogen (secondary N) is 1. The summed E-state index contributed by atoms with van der Waals surface area (Å²) in [6, 6.07) is 10.1. The van der Waals surface area contributed by atoms with Crippen molar-refractivity contribution in [1.29, 1.82) is 0 Å². The lowest BCUT2D eigenvalue weighted by Crippen LogP contribution is -2.36. The van der Waals surface area contributed by atoms with Crippen LogP contribution in [0.15, 0.2) is 30.3 Å². The van der Waals surface area contributed by atoms with Crippen LogP contribution in [-0.4, -0.2) is 30.9 Å². The molecule has 1 fully saturated rings. The molecule has 2 rings (SSSR count). The van der Waals surface area contributed by atoms with Crippen LogP contribution in [0.2, 0.25) is 0 Å². The van der Waals surface area contributed by atoms with E-state index < -0.39 is 6.10 Å². The van der Waals surface area contributed by atoms with E-state index in [9.17, 15) is 5.11 Å². The third kappa shape index (κ3) is 5.23. The van der Waals surface area contributed by atoms with Crippen LogP contribution < -0.4 is 5.32 Å². The smallest absolute Gasteiger partial charge is 0.0897 e. The number of benzene rings is 1. The Kier molecular flexibility index (Phi) is 6.02. The summed E-state index contributed by atoms with van der Waals surface area (Å²) >= 11 is 0. The highest BCUT2D eigenvalue weighted by molar-refractivity contribution is 5.13. The summed E-state index contributed by atoms with van der Waals surface area (Å²) in [5.74, 6) is 0. The number of hydrogen-bond acceptors (Lipinski definition) is 3. The number of hydrogen-bond donors (Lipinski definition) is 2. The first-order chi connectivity index (χ1) is 9.68. The fraction of sp³-hybridized carbons (Fsp3) is 0.647. The van der Waals surface area contributed by atoms with Gasteiger partial charge in [0.2, 0.25) is 0 Å². The summed E-state index contributed by atoms with van der Waals surface area (Å²) in [6.45, 7) is 4.91. The van der Waals surface area contributed by atoms with Crippen molar-refractivity contribution >= 4 is 0 Å². The Morgan fingerprint density at radius 1 is 1.25 bits per heavy atom. The minimum Gasteiger partial charge on any atom is -0.389 e. The molecular formula is C17H27NO2. The highest BCUT2D eigenvalue weighted by atomic mass is 16.5. The molecule has 1 aliphatic rings. The molecule has 1 unspecified atom stereocenters. The van der Waals surface area contributed by atoms with Crippen LogP contribution in [0, 0.1) is 5.41 Å². The van der Waals surface area contributed by atoms with Crippen molar-refractivity contribution in [3.05, 3.63) is 35.9 Å². The molecule has 1 saturated carbocycles. The van der Waals surface area contributed by atoms with Gasteiger partial charge in [-0.1, -0.05) is 50.1 Å². The lowest BCUT2D eigenvalue weighted by atomic mass is 9.89. The second-order valence-electron chi connectivity index (χ2n) is 6.30. The van der Waals surface area contributed by atoms with Crippen LogP contribution in [0.25, 0.3) is 0 Å². The zero-order valence-electron chi connectivity index (χ0n) is 12.5. The largest absolute Gasteiger partial charge is 0.389 e. The molecule has 0 aromatic heterocycles. The van der Waals surface area contributed by atoms with Crippen molar-refractivity contribution in [1.82, 2.24) is 5.32 Å². The highest BCUT2D eigenvalue weighted by Crippen LogP contribution is 2.36. The van der Waals surface area contributed by atoms with Gasteiger partial charge < -0.3 is 15.2 Å². The summed E-state index contributed by atoms with van der Waals surface area (Å²) < 4.78 is 5.54. The molecule has 0 aliphatic heterocycles. The van der Waals surface area contributed by atoms with Gasteiger partial charge in [0.15, 0.2) is 0 Å². The minimum atomic E-state index is -0.427. The van der Waals surface area contributed by atoms with Gasteiger partial charge >= 0.3 is 0 Å². The Bertz CT molecular complexity index is 374. The van der Waals surface area contributed by atoms with Crippen LogP contribution in [0.3, 0.4) is 0 Å². The average molecular weight is 277 g/mol. The molecule has 112 valence electrons. The van der Waals surface area contributed by atoms with Crippen molar-refractivity contribution in [2.24, 2.45) is 5.41 Å². The molecule has 0 bridgehead atoms. The standard InChI is InChI=1S/C17H27NO2/c1-17(9-5-6-10-17)14-18-11-16(19)13-20-12-15-7-3-2-4-8-15/h2-4,7-8,16,18-19H,5-6,9-14H2,1H3. The summed E-state index contributed by atoms with van der Waals surface area (Å²) in [7, 11) is 0. The molecule has 0 spiro atoms. The molecule has 0 heterocycles. The van der Waals surface area contributed by atoms with E-state index in [1.807, 2.05) is 30.3 Å². The topological polar surface area (TPSA) is 41.5 Å². The van der Waals surface area contributed by atoms with Gasteiger partial charge in [0, 0.05) is 13.1 Å². The van der Waals surface area contributed by atoms with Crippen LogP contribution in [0.1, 0.15) is 38.2 Å². The van der Waals surface area contributed by atoms with Crippen LogP contribution in [-0.2, 0) is 11.3 Å². The number of aliphatic hydroxyl groups is 1. The zero-order valence-corrected chi connectivity index (χ0v) is 12.5. The second-order valence-corrected chi connectivity index (χ2v) is 6.30. The van der Waals surface area contributed by atoms with E-state index in [1.54, 1.807) is 0 Å². The van der Waals surface area contributed by atoms with Gasteiger partial charge in [0.05, 0.1) is 19.3 Å². The van der Waals surface area contributed by atoms with E-state index in [0.717, 1.165) is 12.1 Å². The molecule has 1 atom stereocenters. The maximum absolute atomic E-state index is 9.90. The van der Waals surface area contributed by atoms with Gasteiger partial charge in [-0.05, 0) is 23.8 Å². The first-order valence-electron chi connectivity index (χ1n) is 7.68. The third-order valence-corrected chi connectivity index (χ3v) is 4.16. The van der Waals surface area contributed by atoms with E-state index in [-0.39, 0.29) is 0 Å². The monoisotopic (exact) mass is 277 g/mol. The van der Waals surface area contributed by atoms with Gasteiger partial charge in [-0.15, -0.1) is 0 Å². The highest BCUT2D eigenvalue weighted by Gasteiger charge is 2.27. The predicted molar refractivity (Wildman–Crippen MR) is 81.5 cm³/mol. The zero-order chi connectivity index (χ0) is 14.3. The van der Waals surface area contributed by atoms with E-state index in [1.165, 1.54) is 25.7 Å². The molecule has 0 radical (unpaired) electrons. The average Bonchev–Trinajstić information content (AvgIpc) is 2.87. The van der Waals surface area contributed by atoms with Gasteiger partial charge in [0.25, 0.3) is 0 Å². The molecule has 3 heteroatoms. The molecular weight excluding hydrogens is 250 g/mol. The van der Waals surface area contributed by atoms with Crippen molar-refractivity contribution < 1.29 is 9.84 Å². The molecule has 1 aromatic rings. The first-order valence-corrected chi connectivity index (χ1v) is 7.68. The SMILES string of the molecule is CC1(CNCC(O)COCc2ccccc2)CCCC1. The Hall–Kier alpha value is -0.900. The van der Waals surface area contributed by atoms with Crippen LogP contribution in [0.5, 0.6) is 0 Å².